The van der Waals surface area contributed by atoms with E-state index in [4.69, 9.17) is 0 Å². The molecule has 130 valence electrons. The molecular formula is C18H31IN4. The van der Waals surface area contributed by atoms with Crippen molar-refractivity contribution in [2.24, 2.45) is 10.9 Å². The monoisotopic (exact) mass is 430 g/mol. The summed E-state index contributed by atoms with van der Waals surface area (Å²) in [7, 11) is 4.05. The molecule has 4 nitrogen and oxygen atoms in total. The van der Waals surface area contributed by atoms with Gasteiger partial charge in [-0.05, 0) is 31.4 Å². The predicted octanol–water partition coefficient (Wildman–Crippen LogP) is 3.04. The zero-order valence-electron chi connectivity index (χ0n) is 14.7. The van der Waals surface area contributed by atoms with E-state index in [0.29, 0.717) is 0 Å². The van der Waals surface area contributed by atoms with E-state index in [-0.39, 0.29) is 24.0 Å². The molecule has 0 aliphatic carbocycles. The first-order chi connectivity index (χ1) is 10.7. The molecule has 0 bridgehead atoms. The molecule has 0 spiro atoms. The van der Waals surface area contributed by atoms with Crippen LogP contribution in [0, 0.1) is 5.92 Å². The quantitative estimate of drug-likeness (QED) is 0.443. The Morgan fingerprint density at radius 3 is 2.74 bits per heavy atom. The number of piperidine rings is 1. The number of nitrogens with zero attached hydrogens (tertiary/aromatic N) is 3. The van der Waals surface area contributed by atoms with E-state index >= 15 is 0 Å². The van der Waals surface area contributed by atoms with E-state index in [1.54, 1.807) is 0 Å². The number of benzene rings is 1. The lowest BCUT2D eigenvalue weighted by Gasteiger charge is -2.33. The highest BCUT2D eigenvalue weighted by Gasteiger charge is 2.18. The molecular weight excluding hydrogens is 399 g/mol. The molecule has 1 fully saturated rings. The molecule has 1 unspecified atom stereocenters. The average molecular weight is 430 g/mol. The third-order valence-electron chi connectivity index (χ3n) is 4.24. The Morgan fingerprint density at radius 2 is 2.09 bits per heavy atom. The molecule has 1 heterocycles. The van der Waals surface area contributed by atoms with E-state index in [2.05, 4.69) is 64.4 Å². The van der Waals surface area contributed by atoms with Crippen LogP contribution in [-0.2, 0) is 6.54 Å². The van der Waals surface area contributed by atoms with Crippen LogP contribution < -0.4 is 5.32 Å². The Morgan fingerprint density at radius 1 is 1.35 bits per heavy atom. The van der Waals surface area contributed by atoms with Crippen molar-refractivity contribution in [2.45, 2.75) is 26.3 Å². The predicted molar refractivity (Wildman–Crippen MR) is 110 cm³/mol. The van der Waals surface area contributed by atoms with Crippen LogP contribution in [0.4, 0.5) is 0 Å². The fourth-order valence-electron chi connectivity index (χ4n) is 3.05. The molecule has 1 atom stereocenters. The number of hydrogen-bond donors (Lipinski definition) is 1. The minimum Gasteiger partial charge on any atom is -0.355 e. The Bertz CT molecular complexity index is 463. The standard InChI is InChI=1S/C18H30N4.HI/c1-16-8-7-12-22(14-16)18(19-2)20-11-13-21(3)15-17-9-5-4-6-10-17;/h4-6,9-10,16H,7-8,11-15H2,1-3H3,(H,19,20);1H. The van der Waals surface area contributed by atoms with Crippen LogP contribution in [0.1, 0.15) is 25.3 Å². The van der Waals surface area contributed by atoms with Crippen LogP contribution in [0.5, 0.6) is 0 Å². The van der Waals surface area contributed by atoms with E-state index in [1.165, 1.54) is 18.4 Å². The number of aliphatic imine (C=N–C) groups is 1. The highest BCUT2D eigenvalue weighted by atomic mass is 127. The lowest BCUT2D eigenvalue weighted by molar-refractivity contribution is 0.263. The second-order valence-corrected chi connectivity index (χ2v) is 6.39. The molecule has 0 saturated carbocycles. The first kappa shape index (κ1) is 20.2. The first-order valence-corrected chi connectivity index (χ1v) is 8.37. The van der Waals surface area contributed by atoms with Gasteiger partial charge in [0.1, 0.15) is 0 Å². The lowest BCUT2D eigenvalue weighted by atomic mass is 10.0. The topological polar surface area (TPSA) is 30.9 Å². The Balaban J connectivity index is 0.00000264. The molecule has 1 N–H and O–H groups in total. The average Bonchev–Trinajstić information content (AvgIpc) is 2.52. The van der Waals surface area contributed by atoms with Crippen molar-refractivity contribution >= 4 is 29.9 Å². The molecule has 1 aliphatic rings. The minimum absolute atomic E-state index is 0. The van der Waals surface area contributed by atoms with Gasteiger partial charge in [0.2, 0.25) is 0 Å². The van der Waals surface area contributed by atoms with Gasteiger partial charge in [-0.3, -0.25) is 4.99 Å². The minimum atomic E-state index is 0. The van der Waals surface area contributed by atoms with Crippen molar-refractivity contribution in [1.82, 2.24) is 15.1 Å². The molecule has 1 saturated heterocycles. The molecule has 1 aliphatic heterocycles. The van der Waals surface area contributed by atoms with Crippen molar-refractivity contribution in [3.8, 4) is 0 Å². The van der Waals surface area contributed by atoms with Gasteiger partial charge in [0.05, 0.1) is 0 Å². The van der Waals surface area contributed by atoms with Gasteiger partial charge < -0.3 is 15.1 Å². The maximum absolute atomic E-state index is 4.44. The SMILES string of the molecule is CN=C(NCCN(C)Cc1ccccc1)N1CCCC(C)C1.I. The van der Waals surface area contributed by atoms with Crippen molar-refractivity contribution in [1.29, 1.82) is 0 Å². The Labute approximate surface area is 158 Å². The fraction of sp³-hybridized carbons (Fsp3) is 0.611. The molecule has 0 aromatic heterocycles. The molecule has 0 radical (unpaired) electrons. The number of hydrogen-bond acceptors (Lipinski definition) is 2. The summed E-state index contributed by atoms with van der Waals surface area (Å²) in [5.41, 5.74) is 1.36. The zero-order chi connectivity index (χ0) is 15.8. The van der Waals surface area contributed by atoms with Crippen molar-refractivity contribution < 1.29 is 0 Å². The number of rotatable bonds is 5. The first-order valence-electron chi connectivity index (χ1n) is 8.37. The van der Waals surface area contributed by atoms with Gasteiger partial charge in [0.25, 0.3) is 0 Å². The van der Waals surface area contributed by atoms with Gasteiger partial charge >= 0.3 is 0 Å². The highest BCUT2D eigenvalue weighted by Crippen LogP contribution is 2.15. The second kappa shape index (κ2) is 10.9. The molecule has 0 amide bonds. The lowest BCUT2D eigenvalue weighted by Crippen LogP contribution is -2.47. The molecule has 1 aromatic rings. The zero-order valence-corrected chi connectivity index (χ0v) is 17.0. The number of guanidine groups is 1. The van der Waals surface area contributed by atoms with Crippen LogP contribution in [0.3, 0.4) is 0 Å². The van der Waals surface area contributed by atoms with E-state index < -0.39 is 0 Å². The number of nitrogens with one attached hydrogen (secondary N) is 1. The summed E-state index contributed by atoms with van der Waals surface area (Å²) in [6.45, 7) is 7.51. The number of likely N-dealkylation sites (N-methyl/N-ethyl adjacent to an activating group) is 1. The summed E-state index contributed by atoms with van der Waals surface area (Å²) in [4.78, 5) is 9.18. The Kier molecular flexibility index (Phi) is 9.55. The van der Waals surface area contributed by atoms with Crippen LogP contribution in [0.2, 0.25) is 0 Å². The van der Waals surface area contributed by atoms with E-state index in [0.717, 1.165) is 44.6 Å². The molecule has 2 rings (SSSR count). The summed E-state index contributed by atoms with van der Waals surface area (Å²) in [5, 5.41) is 3.51. The number of halogens is 1. The summed E-state index contributed by atoms with van der Waals surface area (Å²) >= 11 is 0. The normalized spacial score (nSPS) is 18.7. The van der Waals surface area contributed by atoms with Gasteiger partial charge in [0.15, 0.2) is 5.96 Å². The summed E-state index contributed by atoms with van der Waals surface area (Å²) in [6, 6.07) is 10.6. The smallest absolute Gasteiger partial charge is 0.193 e. The van der Waals surface area contributed by atoms with Crippen molar-refractivity contribution in [3.63, 3.8) is 0 Å². The van der Waals surface area contributed by atoms with Crippen LogP contribution in [-0.4, -0.2) is 56.0 Å². The van der Waals surface area contributed by atoms with Gasteiger partial charge in [-0.1, -0.05) is 37.3 Å². The molecule has 1 aromatic carbocycles. The fourth-order valence-corrected chi connectivity index (χ4v) is 3.05. The van der Waals surface area contributed by atoms with E-state index in [9.17, 15) is 0 Å². The maximum atomic E-state index is 4.44. The third kappa shape index (κ3) is 7.08. The maximum Gasteiger partial charge on any atom is 0.193 e. The summed E-state index contributed by atoms with van der Waals surface area (Å²) in [5.74, 6) is 1.83. The van der Waals surface area contributed by atoms with Gasteiger partial charge in [-0.25, -0.2) is 0 Å². The summed E-state index contributed by atoms with van der Waals surface area (Å²) in [6.07, 6.45) is 2.61. The third-order valence-corrected chi connectivity index (χ3v) is 4.24. The van der Waals surface area contributed by atoms with Gasteiger partial charge in [0, 0.05) is 39.8 Å². The van der Waals surface area contributed by atoms with Gasteiger partial charge in [-0.15, -0.1) is 24.0 Å². The molecule has 5 heteroatoms. The molecule has 23 heavy (non-hydrogen) atoms. The van der Waals surface area contributed by atoms with Crippen LogP contribution in [0.15, 0.2) is 35.3 Å². The van der Waals surface area contributed by atoms with Crippen LogP contribution in [0.25, 0.3) is 0 Å². The number of likely N-dealkylation sites (tertiary alicyclic amines) is 1. The van der Waals surface area contributed by atoms with Crippen molar-refractivity contribution in [2.75, 3.05) is 40.3 Å². The second-order valence-electron chi connectivity index (χ2n) is 6.39. The van der Waals surface area contributed by atoms with Crippen LogP contribution >= 0.6 is 24.0 Å². The van der Waals surface area contributed by atoms with Crippen molar-refractivity contribution in [3.05, 3.63) is 35.9 Å². The highest BCUT2D eigenvalue weighted by molar-refractivity contribution is 14.0. The largest absolute Gasteiger partial charge is 0.355 e. The van der Waals surface area contributed by atoms with Gasteiger partial charge in [-0.2, -0.15) is 0 Å². The summed E-state index contributed by atoms with van der Waals surface area (Å²) < 4.78 is 0. The Hall–Kier alpha value is -0.820. The van der Waals surface area contributed by atoms with E-state index in [1.807, 2.05) is 7.05 Å².